The third-order valence-corrected chi connectivity index (χ3v) is 32.1. The zero-order valence-electron chi connectivity index (χ0n) is 75.1. The molecule has 656 valence electrons. The van der Waals surface area contributed by atoms with Crippen LogP contribution in [0.4, 0.5) is 96.7 Å². The lowest BCUT2D eigenvalue weighted by atomic mass is 9.87. The molecule has 26 aromatic rings. The Labute approximate surface area is 829 Å². The molecule has 1 N–H and O–H groups in total. The molecule has 2 aliphatic heterocycles. The first kappa shape index (κ1) is 83.1. The van der Waals surface area contributed by atoms with Crippen LogP contribution in [-0.4, -0.2) is 0 Å². The Hall–Kier alpha value is -16.5. The van der Waals surface area contributed by atoms with E-state index in [1.165, 1.54) is 164 Å². The molecule has 0 radical (unpaired) electrons. The second kappa shape index (κ2) is 35.3. The van der Waals surface area contributed by atoms with Crippen LogP contribution in [0.5, 0.6) is 0 Å². The predicted molar refractivity (Wildman–Crippen MR) is 606 cm³/mol. The molecule has 0 amide bonds. The summed E-state index contributed by atoms with van der Waals surface area (Å²) in [6.07, 6.45) is 0. The van der Waals surface area contributed by atoms with E-state index >= 15 is 0 Å². The van der Waals surface area contributed by atoms with Crippen LogP contribution in [0.15, 0.2) is 502 Å². The van der Waals surface area contributed by atoms with Gasteiger partial charge in [-0.2, -0.15) is 0 Å². The van der Waals surface area contributed by atoms with Crippen molar-refractivity contribution in [3.63, 3.8) is 0 Å². The van der Waals surface area contributed by atoms with Gasteiger partial charge in [0, 0.05) is 192 Å². The molecule has 6 nitrogen and oxygen atoms in total. The maximum atomic E-state index is 3.66. The van der Waals surface area contributed by atoms with E-state index in [0.29, 0.717) is 0 Å². The highest BCUT2D eigenvalue weighted by Gasteiger charge is 2.30. The fourth-order valence-corrected chi connectivity index (χ4v) is 25.4. The van der Waals surface area contributed by atoms with E-state index < -0.39 is 0 Å². The van der Waals surface area contributed by atoms with Crippen LogP contribution < -0.4 is 29.8 Å². The molecule has 0 saturated carbocycles. The maximum Gasteiger partial charge on any atom is 0.0547 e. The van der Waals surface area contributed by atoms with E-state index in [2.05, 4.69) is 543 Å². The van der Waals surface area contributed by atoms with Gasteiger partial charge in [-0.25, -0.2) is 0 Å². The molecule has 4 aromatic heterocycles. The van der Waals surface area contributed by atoms with Crippen molar-refractivity contribution in [2.24, 2.45) is 0 Å². The molecule has 6 heterocycles. The molecule has 11 heteroatoms. The lowest BCUT2D eigenvalue weighted by Crippen LogP contribution is -2.15. The average Bonchev–Trinajstić information content (AvgIpc) is 1.11. The highest BCUT2D eigenvalue weighted by atomic mass is 79.9. The van der Waals surface area contributed by atoms with Crippen molar-refractivity contribution >= 4 is 260 Å². The molecule has 28 rings (SSSR count). The lowest BCUT2D eigenvalue weighted by Gasteiger charge is -2.34. The second-order valence-corrected chi connectivity index (χ2v) is 40.4. The quantitative estimate of drug-likeness (QED) is 0.110. The van der Waals surface area contributed by atoms with Crippen molar-refractivity contribution < 1.29 is 0 Å². The van der Waals surface area contributed by atoms with Gasteiger partial charge in [-0.3, -0.25) is 0 Å². The van der Waals surface area contributed by atoms with Gasteiger partial charge in [0.15, 0.2) is 0 Å². The highest BCUT2D eigenvalue weighted by molar-refractivity contribution is 9.10. The zero-order chi connectivity index (χ0) is 92.0. The molecule has 0 fully saturated rings. The van der Waals surface area contributed by atoms with Crippen molar-refractivity contribution in [2.75, 3.05) is 29.8 Å². The van der Waals surface area contributed by atoms with Crippen LogP contribution in [0.1, 0.15) is 0 Å². The number of para-hydroxylation sites is 8. The molecule has 0 aliphatic carbocycles. The molecule has 2 aliphatic rings. The smallest absolute Gasteiger partial charge is 0.0547 e. The number of nitrogens with zero attached hydrogens (tertiary/aromatic N) is 5. The Morgan fingerprint density at radius 1 is 0.180 bits per heavy atom. The van der Waals surface area contributed by atoms with E-state index in [9.17, 15) is 0 Å². The summed E-state index contributed by atoms with van der Waals surface area (Å²) < 4.78 is 11.5. The number of halogens is 1. The predicted octanol–water partition coefficient (Wildman–Crippen LogP) is 40.0. The third kappa shape index (κ3) is 15.1. The van der Waals surface area contributed by atoms with E-state index in [0.717, 1.165) is 84.1 Å². The van der Waals surface area contributed by atoms with E-state index in [4.69, 9.17) is 0 Å². The topological polar surface area (TPSA) is 28.2 Å². The first-order valence-corrected chi connectivity index (χ1v) is 50.9. The molecular formula is C128H83BrN6S4. The maximum absolute atomic E-state index is 3.66. The molecule has 0 unspecified atom stereocenters. The Morgan fingerprint density at radius 3 is 0.935 bits per heavy atom. The molecule has 0 bridgehead atoms. The minimum absolute atomic E-state index is 1.11. The Kier molecular flexibility index (Phi) is 21.1. The Bertz CT molecular complexity index is 9130. The van der Waals surface area contributed by atoms with Crippen molar-refractivity contribution in [2.45, 2.75) is 0 Å². The number of nitrogens with one attached hydrogen (secondary N) is 1. The number of benzene rings is 22. The number of hydrogen-bond acceptors (Lipinski definition) is 10. The number of anilines is 17. The summed E-state index contributed by atoms with van der Waals surface area (Å²) in [4.78, 5) is 11.9. The minimum atomic E-state index is 1.11. The molecule has 139 heavy (non-hydrogen) atoms. The summed E-state index contributed by atoms with van der Waals surface area (Å²) in [6, 6.07) is 180. The summed E-state index contributed by atoms with van der Waals surface area (Å²) in [6.45, 7) is 0. The van der Waals surface area contributed by atoms with Crippen LogP contribution in [-0.2, 0) is 0 Å². The van der Waals surface area contributed by atoms with Crippen molar-refractivity contribution in [3.05, 3.63) is 502 Å². The van der Waals surface area contributed by atoms with Crippen molar-refractivity contribution in [1.82, 2.24) is 0 Å². The fraction of sp³-hybridized carbons (Fsp3) is 0. The van der Waals surface area contributed by atoms with Gasteiger partial charge in [0.05, 0.1) is 11.4 Å². The number of thiophene rings is 4. The van der Waals surface area contributed by atoms with Crippen LogP contribution in [0.3, 0.4) is 0 Å². The molecule has 0 spiro atoms. The highest BCUT2D eigenvalue weighted by Crippen LogP contribution is 2.56. The standard InChI is InChI=1S/C64H41N3S2.C40H26N2S.C24H16BrNS/c1-4-15-43(16-5-1)65(44-17-6-2-7-18-44)48-32-37-62-56(40-48)57-41-49(33-38-63(57)69-62)67-58-25-12-10-21-51(58)54-24-14-23-53-50(34-35-59(67)64(53)54)42-27-29-46(30-28-42)66(45-19-8-3-9-20-45)47-31-36-61-55(39-47)52-22-11-13-26-60(52)68-61;1-2-9-27(10-3-1)42(29-21-24-39-35(25-29)32-12-5-7-16-38(32)43-39)28-19-17-26(18-20-28)30-22-23-37-40-33(30)13-8-14-34(40)31-11-4-6-15-36(31)41-37;25-17-11-13-23-21(15-17)22-16-20(12-14-24(22)27-23)26(18-7-3-1-4-8-18)19-9-5-2-6-10-19/h1-41H;1-25,41H;1-16H. The average molecular weight is 1910 g/mol. The van der Waals surface area contributed by atoms with Crippen molar-refractivity contribution in [1.29, 1.82) is 0 Å². The van der Waals surface area contributed by atoms with Gasteiger partial charge in [-0.05, 0) is 287 Å². The lowest BCUT2D eigenvalue weighted by molar-refractivity contribution is 1.29. The van der Waals surface area contributed by atoms with Gasteiger partial charge in [-0.15, -0.1) is 45.3 Å². The first-order chi connectivity index (χ1) is 68.8. The number of hydrogen-bond donors (Lipinski definition) is 1. The molecular weight excluding hydrogens is 1830 g/mol. The second-order valence-electron chi connectivity index (χ2n) is 35.2. The monoisotopic (exact) mass is 1910 g/mol. The van der Waals surface area contributed by atoms with Crippen LogP contribution in [0, 0.1) is 0 Å². The minimum Gasteiger partial charge on any atom is -0.354 e. The van der Waals surface area contributed by atoms with Crippen molar-refractivity contribution in [3.8, 4) is 44.5 Å². The van der Waals surface area contributed by atoms with Gasteiger partial charge >= 0.3 is 0 Å². The summed E-state index contributed by atoms with van der Waals surface area (Å²) in [7, 11) is 0. The largest absolute Gasteiger partial charge is 0.354 e. The van der Waals surface area contributed by atoms with E-state index in [1.54, 1.807) is 0 Å². The summed E-state index contributed by atoms with van der Waals surface area (Å²) >= 11 is 11.0. The van der Waals surface area contributed by atoms with Gasteiger partial charge in [0.1, 0.15) is 0 Å². The Balaban J connectivity index is 0.000000120. The summed E-state index contributed by atoms with van der Waals surface area (Å²) in [5, 5.41) is 19.0. The third-order valence-electron chi connectivity index (χ3n) is 27.0. The van der Waals surface area contributed by atoms with E-state index in [-0.39, 0.29) is 0 Å². The first-order valence-electron chi connectivity index (χ1n) is 46.8. The SMILES string of the molecule is Brc1ccc2sc3ccc(N(c4ccccc4)c4ccccc4)cc3c2c1.c1ccc(N(c2ccc(-c3ccc4c5c(cccc35)-c3ccccc3N4)cc2)c2ccc3sc4ccccc4c3c2)cc1.c1ccc(N(c2ccc(-c3ccc4c5c(cccc35)-c3ccccc3N4c3ccc4sc5ccc(N(c6ccccc6)c6ccccc6)cc5c4c3)cc2)c2ccc3sc4ccccc4c3c2)cc1. The molecule has 0 saturated heterocycles. The van der Waals surface area contributed by atoms with Crippen LogP contribution in [0.2, 0.25) is 0 Å². The van der Waals surface area contributed by atoms with Gasteiger partial charge in [-0.1, -0.05) is 271 Å². The normalized spacial score (nSPS) is 11.8. The van der Waals surface area contributed by atoms with E-state index in [1.807, 2.05) is 45.3 Å². The van der Waals surface area contributed by atoms with Crippen LogP contribution >= 0.6 is 61.3 Å². The number of fused-ring (bicyclic) bond motifs is 16. The zero-order valence-corrected chi connectivity index (χ0v) is 79.9. The Morgan fingerprint density at radius 2 is 0.489 bits per heavy atom. The van der Waals surface area contributed by atoms with Gasteiger partial charge in [0.25, 0.3) is 0 Å². The molecule has 0 atom stereocenters. The number of rotatable bonds is 15. The van der Waals surface area contributed by atoms with Crippen LogP contribution in [0.25, 0.3) is 147 Å². The van der Waals surface area contributed by atoms with Gasteiger partial charge < -0.3 is 29.8 Å². The molecule has 22 aromatic carbocycles. The fourth-order valence-electron chi connectivity index (χ4n) is 20.8. The summed E-state index contributed by atoms with van der Waals surface area (Å²) in [5.74, 6) is 0. The van der Waals surface area contributed by atoms with Gasteiger partial charge in [0.2, 0.25) is 0 Å². The summed E-state index contributed by atoms with van der Waals surface area (Å²) in [5.41, 5.74) is 29.4.